The van der Waals surface area contributed by atoms with E-state index < -0.39 is 0 Å². The van der Waals surface area contributed by atoms with Gasteiger partial charge in [0.1, 0.15) is 0 Å². The lowest BCUT2D eigenvalue weighted by Crippen LogP contribution is -2.23. The van der Waals surface area contributed by atoms with Gasteiger partial charge in [-0.3, -0.25) is 4.79 Å². The fourth-order valence-electron chi connectivity index (χ4n) is 1.07. The van der Waals surface area contributed by atoms with E-state index in [1.165, 1.54) is 0 Å². The maximum Gasteiger partial charge on any atom is 0.252 e. The van der Waals surface area contributed by atoms with Crippen LogP contribution in [0.2, 0.25) is 0 Å². The van der Waals surface area contributed by atoms with Gasteiger partial charge in [-0.25, -0.2) is 0 Å². The molecule has 0 saturated heterocycles. The highest BCUT2D eigenvalue weighted by atomic mass is 127. The Morgan fingerprint density at radius 1 is 1.54 bits per heavy atom. The molecule has 70 valence electrons. The molecule has 1 amide bonds. The van der Waals surface area contributed by atoms with E-state index in [2.05, 4.69) is 27.9 Å². The van der Waals surface area contributed by atoms with Crippen molar-refractivity contribution in [1.29, 1.82) is 0 Å². The van der Waals surface area contributed by atoms with Crippen molar-refractivity contribution in [3.05, 3.63) is 32.9 Å². The minimum Gasteiger partial charge on any atom is -0.352 e. The van der Waals surface area contributed by atoms with E-state index in [1.54, 1.807) is 0 Å². The Morgan fingerprint density at radius 2 is 2.23 bits per heavy atom. The molecule has 0 radical (unpaired) electrons. The van der Waals surface area contributed by atoms with Crippen LogP contribution in [0, 0.1) is 10.5 Å². The first-order chi connectivity index (χ1) is 6.15. The topological polar surface area (TPSA) is 29.1 Å². The smallest absolute Gasteiger partial charge is 0.252 e. The van der Waals surface area contributed by atoms with Gasteiger partial charge < -0.3 is 5.32 Å². The summed E-state index contributed by atoms with van der Waals surface area (Å²) < 4.78 is 0.995. The second-order valence-electron chi connectivity index (χ2n) is 2.84. The number of hydrogen-bond acceptors (Lipinski definition) is 1. The van der Waals surface area contributed by atoms with Crippen molar-refractivity contribution in [3.8, 4) is 0 Å². The number of nitrogens with one attached hydrogen (secondary N) is 1. The van der Waals surface area contributed by atoms with Crippen LogP contribution in [0.15, 0.2) is 18.2 Å². The fourth-order valence-corrected chi connectivity index (χ4v) is 1.65. The van der Waals surface area contributed by atoms with Crippen LogP contribution in [0.1, 0.15) is 22.8 Å². The molecule has 0 unspecified atom stereocenters. The van der Waals surface area contributed by atoms with Crippen molar-refractivity contribution < 1.29 is 4.79 Å². The molecule has 0 saturated carbocycles. The molecule has 0 aliphatic carbocycles. The molecule has 3 heteroatoms. The molecule has 0 heterocycles. The molecule has 0 atom stereocenters. The van der Waals surface area contributed by atoms with E-state index in [0.717, 1.165) is 14.7 Å². The van der Waals surface area contributed by atoms with Crippen LogP contribution < -0.4 is 5.32 Å². The van der Waals surface area contributed by atoms with Gasteiger partial charge in [0.05, 0.1) is 5.56 Å². The highest BCUT2D eigenvalue weighted by Gasteiger charge is 2.07. The molecule has 0 aliphatic heterocycles. The van der Waals surface area contributed by atoms with Gasteiger partial charge in [0.15, 0.2) is 0 Å². The summed E-state index contributed by atoms with van der Waals surface area (Å²) in [6, 6.07) is 5.87. The highest BCUT2D eigenvalue weighted by Crippen LogP contribution is 2.13. The van der Waals surface area contributed by atoms with Crippen LogP contribution in [-0.4, -0.2) is 12.5 Å². The van der Waals surface area contributed by atoms with E-state index in [0.29, 0.717) is 6.54 Å². The van der Waals surface area contributed by atoms with Crippen molar-refractivity contribution in [2.75, 3.05) is 6.54 Å². The molecule has 0 spiro atoms. The molecule has 1 rings (SSSR count). The van der Waals surface area contributed by atoms with Crippen molar-refractivity contribution >= 4 is 28.5 Å². The molecule has 1 N–H and O–H groups in total. The van der Waals surface area contributed by atoms with E-state index in [9.17, 15) is 4.79 Å². The summed E-state index contributed by atoms with van der Waals surface area (Å²) in [7, 11) is 0. The summed E-state index contributed by atoms with van der Waals surface area (Å²) in [6.45, 7) is 4.57. The zero-order valence-electron chi connectivity index (χ0n) is 7.73. The third-order valence-electron chi connectivity index (χ3n) is 1.70. The van der Waals surface area contributed by atoms with Crippen LogP contribution in [0.3, 0.4) is 0 Å². The number of carbonyl (C=O) groups is 1. The van der Waals surface area contributed by atoms with Gasteiger partial charge in [-0.1, -0.05) is 11.6 Å². The van der Waals surface area contributed by atoms with E-state index in [-0.39, 0.29) is 5.91 Å². The monoisotopic (exact) mass is 289 g/mol. The number of halogens is 1. The Bertz CT molecular complexity index is 323. The van der Waals surface area contributed by atoms with Crippen LogP contribution in [0.4, 0.5) is 0 Å². The lowest BCUT2D eigenvalue weighted by Gasteiger charge is -2.05. The predicted molar refractivity (Wildman–Crippen MR) is 61.9 cm³/mol. The van der Waals surface area contributed by atoms with Crippen molar-refractivity contribution in [2.24, 2.45) is 0 Å². The van der Waals surface area contributed by atoms with Gasteiger partial charge in [-0.05, 0) is 48.6 Å². The molecule has 0 aliphatic rings. The zero-order valence-corrected chi connectivity index (χ0v) is 9.88. The lowest BCUT2D eigenvalue weighted by molar-refractivity contribution is 0.0955. The van der Waals surface area contributed by atoms with Crippen LogP contribution >= 0.6 is 22.6 Å². The second-order valence-corrected chi connectivity index (χ2v) is 4.00. The normalized spacial score (nSPS) is 9.77. The Balaban J connectivity index is 2.99. The van der Waals surface area contributed by atoms with E-state index in [4.69, 9.17) is 0 Å². The fraction of sp³-hybridized carbons (Fsp3) is 0.300. The minimum atomic E-state index is 0.00981. The summed E-state index contributed by atoms with van der Waals surface area (Å²) in [6.07, 6.45) is 0. The van der Waals surface area contributed by atoms with Crippen LogP contribution in [-0.2, 0) is 0 Å². The molecule has 1 aromatic rings. The molecular formula is C10H12INO. The van der Waals surface area contributed by atoms with Gasteiger partial charge in [0.25, 0.3) is 5.91 Å². The standard InChI is InChI=1S/C10H12INO/c1-3-12-10(13)8-6-7(2)4-5-9(8)11/h4-6H,3H2,1-2H3,(H,12,13). The molecule has 1 aromatic carbocycles. The third-order valence-corrected chi connectivity index (χ3v) is 2.64. The van der Waals surface area contributed by atoms with Crippen molar-refractivity contribution in [1.82, 2.24) is 5.32 Å². The maximum atomic E-state index is 11.5. The van der Waals surface area contributed by atoms with E-state index >= 15 is 0 Å². The Morgan fingerprint density at radius 3 is 2.85 bits per heavy atom. The van der Waals surface area contributed by atoms with Crippen LogP contribution in [0.25, 0.3) is 0 Å². The second kappa shape index (κ2) is 4.60. The number of aryl methyl sites for hydroxylation is 1. The first-order valence-corrected chi connectivity index (χ1v) is 5.27. The van der Waals surface area contributed by atoms with Gasteiger partial charge in [0, 0.05) is 10.1 Å². The number of rotatable bonds is 2. The van der Waals surface area contributed by atoms with Crippen molar-refractivity contribution in [2.45, 2.75) is 13.8 Å². The van der Waals surface area contributed by atoms with Crippen LogP contribution in [0.5, 0.6) is 0 Å². The predicted octanol–water partition coefficient (Wildman–Crippen LogP) is 2.35. The maximum absolute atomic E-state index is 11.5. The summed E-state index contributed by atoms with van der Waals surface area (Å²) in [5.41, 5.74) is 1.88. The number of hydrogen-bond donors (Lipinski definition) is 1. The summed E-state index contributed by atoms with van der Waals surface area (Å²) in [5, 5.41) is 2.79. The van der Waals surface area contributed by atoms with Gasteiger partial charge in [-0.2, -0.15) is 0 Å². The third kappa shape index (κ3) is 2.69. The van der Waals surface area contributed by atoms with Crippen molar-refractivity contribution in [3.63, 3.8) is 0 Å². The van der Waals surface area contributed by atoms with Gasteiger partial charge in [-0.15, -0.1) is 0 Å². The summed E-state index contributed by atoms with van der Waals surface area (Å²) in [5.74, 6) is 0.00981. The minimum absolute atomic E-state index is 0.00981. The Hall–Kier alpha value is -0.580. The Labute approximate surface area is 91.9 Å². The Kier molecular flexibility index (Phi) is 3.71. The summed E-state index contributed by atoms with van der Waals surface area (Å²) in [4.78, 5) is 11.5. The number of amides is 1. The first-order valence-electron chi connectivity index (χ1n) is 4.19. The molecule has 0 bridgehead atoms. The van der Waals surface area contributed by atoms with E-state index in [1.807, 2.05) is 32.0 Å². The average Bonchev–Trinajstić information content (AvgIpc) is 2.09. The molecule has 13 heavy (non-hydrogen) atoms. The summed E-state index contributed by atoms with van der Waals surface area (Å²) >= 11 is 2.17. The van der Waals surface area contributed by atoms with Gasteiger partial charge >= 0.3 is 0 Å². The lowest BCUT2D eigenvalue weighted by atomic mass is 10.1. The first kappa shape index (κ1) is 10.5. The number of carbonyl (C=O) groups excluding carboxylic acids is 1. The quantitative estimate of drug-likeness (QED) is 0.832. The molecular weight excluding hydrogens is 277 g/mol. The SMILES string of the molecule is CCNC(=O)c1cc(C)ccc1I. The highest BCUT2D eigenvalue weighted by molar-refractivity contribution is 14.1. The number of benzene rings is 1. The average molecular weight is 289 g/mol. The molecule has 0 aromatic heterocycles. The molecule has 0 fully saturated rings. The largest absolute Gasteiger partial charge is 0.352 e. The van der Waals surface area contributed by atoms with Gasteiger partial charge in [0.2, 0.25) is 0 Å². The zero-order chi connectivity index (χ0) is 9.84. The molecule has 2 nitrogen and oxygen atoms in total.